The monoisotopic (exact) mass is 235 g/mol. The second kappa shape index (κ2) is 6.58. The van der Waals surface area contributed by atoms with Gasteiger partial charge in [-0.2, -0.15) is 0 Å². The quantitative estimate of drug-likeness (QED) is 0.814. The van der Waals surface area contributed by atoms with E-state index in [1.807, 2.05) is 0 Å². The van der Waals surface area contributed by atoms with Crippen molar-refractivity contribution >= 4 is 5.82 Å². The van der Waals surface area contributed by atoms with E-state index in [1.54, 1.807) is 0 Å². The lowest BCUT2D eigenvalue weighted by atomic mass is 10.0. The van der Waals surface area contributed by atoms with Gasteiger partial charge in [-0.1, -0.05) is 20.8 Å². The summed E-state index contributed by atoms with van der Waals surface area (Å²) in [4.78, 5) is 9.32. The van der Waals surface area contributed by atoms with Crippen molar-refractivity contribution in [3.05, 3.63) is 17.1 Å². The molecule has 1 aromatic rings. The van der Waals surface area contributed by atoms with Gasteiger partial charge in [-0.05, 0) is 33.1 Å². The molecule has 0 spiro atoms. The number of anilines is 1. The van der Waals surface area contributed by atoms with Gasteiger partial charge in [0.05, 0.1) is 0 Å². The minimum atomic E-state index is 0.483. The maximum absolute atomic E-state index is 4.69. The summed E-state index contributed by atoms with van der Waals surface area (Å²) in [5, 5.41) is 3.40. The lowest BCUT2D eigenvalue weighted by Crippen LogP contribution is -2.11. The molecular formula is C14H25N3. The Morgan fingerprint density at radius 1 is 1.06 bits per heavy atom. The van der Waals surface area contributed by atoms with Crippen LogP contribution in [0.15, 0.2) is 0 Å². The second-order valence-corrected chi connectivity index (χ2v) is 4.58. The van der Waals surface area contributed by atoms with E-state index in [1.165, 1.54) is 5.56 Å². The molecule has 1 aromatic heterocycles. The third-order valence-electron chi connectivity index (χ3n) is 3.30. The van der Waals surface area contributed by atoms with Crippen LogP contribution in [0.2, 0.25) is 0 Å². The molecule has 0 radical (unpaired) electrons. The van der Waals surface area contributed by atoms with Gasteiger partial charge in [0.15, 0.2) is 0 Å². The molecule has 0 aliphatic carbocycles. The van der Waals surface area contributed by atoms with Crippen molar-refractivity contribution in [1.29, 1.82) is 0 Å². The summed E-state index contributed by atoms with van der Waals surface area (Å²) >= 11 is 0. The highest BCUT2D eigenvalue weighted by Crippen LogP contribution is 2.23. The van der Waals surface area contributed by atoms with Crippen molar-refractivity contribution in [2.24, 2.45) is 0 Å². The van der Waals surface area contributed by atoms with Gasteiger partial charge in [-0.25, -0.2) is 9.97 Å². The Kier molecular flexibility index (Phi) is 5.39. The van der Waals surface area contributed by atoms with Crippen molar-refractivity contribution in [1.82, 2.24) is 9.97 Å². The Morgan fingerprint density at radius 3 is 2.24 bits per heavy atom. The Balaban J connectivity index is 3.04. The molecule has 96 valence electrons. The first kappa shape index (κ1) is 13.9. The van der Waals surface area contributed by atoms with E-state index < -0.39 is 0 Å². The number of hydrogen-bond acceptors (Lipinski definition) is 3. The topological polar surface area (TPSA) is 37.8 Å². The van der Waals surface area contributed by atoms with Crippen molar-refractivity contribution in [3.8, 4) is 0 Å². The molecule has 0 aromatic carbocycles. The highest BCUT2D eigenvalue weighted by molar-refractivity contribution is 5.45. The number of hydrogen-bond donors (Lipinski definition) is 1. The Hall–Kier alpha value is -1.12. The van der Waals surface area contributed by atoms with E-state index in [9.17, 15) is 0 Å². The van der Waals surface area contributed by atoms with Crippen LogP contribution < -0.4 is 5.32 Å². The molecule has 0 fully saturated rings. The zero-order valence-corrected chi connectivity index (χ0v) is 11.8. The maximum atomic E-state index is 4.69. The number of nitrogens with one attached hydrogen (secondary N) is 1. The van der Waals surface area contributed by atoms with E-state index in [4.69, 9.17) is 4.98 Å². The first-order chi connectivity index (χ1) is 8.13. The molecule has 0 saturated heterocycles. The summed E-state index contributed by atoms with van der Waals surface area (Å²) < 4.78 is 0. The van der Waals surface area contributed by atoms with Crippen LogP contribution >= 0.6 is 0 Å². The third kappa shape index (κ3) is 3.42. The van der Waals surface area contributed by atoms with Gasteiger partial charge in [-0.3, -0.25) is 0 Å². The molecule has 17 heavy (non-hydrogen) atoms. The van der Waals surface area contributed by atoms with E-state index in [-0.39, 0.29) is 0 Å². The first-order valence-electron chi connectivity index (χ1n) is 6.72. The van der Waals surface area contributed by atoms with Crippen LogP contribution in [-0.4, -0.2) is 16.5 Å². The fourth-order valence-corrected chi connectivity index (χ4v) is 1.90. The lowest BCUT2D eigenvalue weighted by molar-refractivity contribution is 0.599. The highest BCUT2D eigenvalue weighted by Gasteiger charge is 2.14. The fraction of sp³-hybridized carbons (Fsp3) is 0.714. The van der Waals surface area contributed by atoms with Crippen LogP contribution in [0.1, 0.15) is 63.0 Å². The van der Waals surface area contributed by atoms with Crippen LogP contribution in [0.5, 0.6) is 0 Å². The summed E-state index contributed by atoms with van der Waals surface area (Å²) in [6.07, 6.45) is 3.32. The van der Waals surface area contributed by atoms with Gasteiger partial charge in [0.25, 0.3) is 0 Å². The molecule has 0 saturated carbocycles. The largest absolute Gasteiger partial charge is 0.370 e. The van der Waals surface area contributed by atoms with Gasteiger partial charge < -0.3 is 5.32 Å². The molecule has 0 aliphatic heterocycles. The molecule has 1 rings (SSSR count). The van der Waals surface area contributed by atoms with Crippen LogP contribution in [0, 0.1) is 13.8 Å². The molecule has 0 atom stereocenters. The second-order valence-electron chi connectivity index (χ2n) is 4.58. The average molecular weight is 235 g/mol. The van der Waals surface area contributed by atoms with Gasteiger partial charge in [0.2, 0.25) is 0 Å². The van der Waals surface area contributed by atoms with E-state index in [0.29, 0.717) is 5.92 Å². The molecular weight excluding hydrogens is 210 g/mol. The zero-order valence-electron chi connectivity index (χ0n) is 11.8. The van der Waals surface area contributed by atoms with Crippen molar-refractivity contribution in [3.63, 3.8) is 0 Å². The Bertz CT molecular complexity index is 357. The molecule has 1 heterocycles. The first-order valence-corrected chi connectivity index (χ1v) is 6.72. The molecule has 1 N–H and O–H groups in total. The number of aryl methyl sites for hydroxylation is 1. The van der Waals surface area contributed by atoms with Crippen molar-refractivity contribution < 1.29 is 0 Å². The van der Waals surface area contributed by atoms with Crippen LogP contribution in [0.25, 0.3) is 0 Å². The molecule has 0 amide bonds. The normalized spacial score (nSPS) is 10.9. The lowest BCUT2D eigenvalue weighted by Gasteiger charge is -2.16. The van der Waals surface area contributed by atoms with Gasteiger partial charge >= 0.3 is 0 Å². The minimum Gasteiger partial charge on any atom is -0.370 e. The zero-order chi connectivity index (χ0) is 12.8. The van der Waals surface area contributed by atoms with Gasteiger partial charge in [-0.15, -0.1) is 0 Å². The standard InChI is InChI=1S/C14H25N3/c1-6-9-15-13-10(4)11(5)16-14(17-13)12(7-2)8-3/h12H,6-9H2,1-5H3,(H,15,16,17). The summed E-state index contributed by atoms with van der Waals surface area (Å²) in [5.74, 6) is 2.49. The number of rotatable bonds is 6. The van der Waals surface area contributed by atoms with E-state index in [2.05, 4.69) is 44.9 Å². The minimum absolute atomic E-state index is 0.483. The molecule has 0 aliphatic rings. The van der Waals surface area contributed by atoms with Crippen LogP contribution in [-0.2, 0) is 0 Å². The number of aromatic nitrogens is 2. The molecule has 3 nitrogen and oxygen atoms in total. The van der Waals surface area contributed by atoms with Gasteiger partial charge in [0.1, 0.15) is 11.6 Å². The molecule has 0 unspecified atom stereocenters. The summed E-state index contributed by atoms with van der Waals surface area (Å²) in [5.41, 5.74) is 2.27. The molecule has 3 heteroatoms. The summed E-state index contributed by atoms with van der Waals surface area (Å²) in [6, 6.07) is 0. The average Bonchev–Trinajstić information content (AvgIpc) is 2.33. The maximum Gasteiger partial charge on any atom is 0.134 e. The predicted molar refractivity (Wildman–Crippen MR) is 73.6 cm³/mol. The predicted octanol–water partition coefficient (Wildman–Crippen LogP) is 3.82. The van der Waals surface area contributed by atoms with E-state index >= 15 is 0 Å². The third-order valence-corrected chi connectivity index (χ3v) is 3.30. The summed E-state index contributed by atoms with van der Waals surface area (Å²) in [7, 11) is 0. The van der Waals surface area contributed by atoms with Crippen LogP contribution in [0.4, 0.5) is 5.82 Å². The molecule has 0 bridgehead atoms. The van der Waals surface area contributed by atoms with Gasteiger partial charge in [0, 0.05) is 23.7 Å². The smallest absolute Gasteiger partial charge is 0.134 e. The summed E-state index contributed by atoms with van der Waals surface area (Å²) in [6.45, 7) is 11.7. The fourth-order valence-electron chi connectivity index (χ4n) is 1.90. The Morgan fingerprint density at radius 2 is 1.71 bits per heavy atom. The van der Waals surface area contributed by atoms with E-state index in [0.717, 1.165) is 43.1 Å². The van der Waals surface area contributed by atoms with Crippen molar-refractivity contribution in [2.75, 3.05) is 11.9 Å². The SMILES string of the molecule is CCCNc1nc(C(CC)CC)nc(C)c1C. The number of nitrogens with zero attached hydrogens (tertiary/aromatic N) is 2. The Labute approximate surface area is 105 Å². The van der Waals surface area contributed by atoms with Crippen LogP contribution in [0.3, 0.4) is 0 Å². The van der Waals surface area contributed by atoms with Crippen molar-refractivity contribution in [2.45, 2.75) is 59.8 Å². The highest BCUT2D eigenvalue weighted by atomic mass is 15.0.